The minimum absolute atomic E-state index is 0.0499. The summed E-state index contributed by atoms with van der Waals surface area (Å²) in [6.07, 6.45) is 2.69. The molecule has 0 bridgehead atoms. The molecule has 0 amide bonds. The predicted octanol–water partition coefficient (Wildman–Crippen LogP) is 2.45. The molecule has 2 heterocycles. The van der Waals surface area contributed by atoms with Gasteiger partial charge in [0.1, 0.15) is 11.7 Å². The molecule has 19 heavy (non-hydrogen) atoms. The van der Waals surface area contributed by atoms with E-state index in [0.717, 1.165) is 12.2 Å². The molecule has 0 radical (unpaired) electrons. The van der Waals surface area contributed by atoms with Gasteiger partial charge in [0.25, 0.3) is 0 Å². The molecule has 0 fully saturated rings. The molecular formula is C15H16N4. The third-order valence-corrected chi connectivity index (χ3v) is 3.51. The summed E-state index contributed by atoms with van der Waals surface area (Å²) < 4.78 is 0. The highest BCUT2D eigenvalue weighted by Gasteiger charge is 2.27. The lowest BCUT2D eigenvalue weighted by Crippen LogP contribution is -2.25. The van der Waals surface area contributed by atoms with Gasteiger partial charge < -0.3 is 10.6 Å². The van der Waals surface area contributed by atoms with E-state index >= 15 is 0 Å². The zero-order valence-corrected chi connectivity index (χ0v) is 10.8. The molecule has 1 aliphatic heterocycles. The van der Waals surface area contributed by atoms with Crippen molar-refractivity contribution < 1.29 is 0 Å². The van der Waals surface area contributed by atoms with Crippen LogP contribution in [0.4, 0.5) is 11.5 Å². The SMILES string of the molecule is CC1Cc2ccccc2N1c1ccc(C(=N)N)cn1. The van der Waals surface area contributed by atoms with Gasteiger partial charge in [-0.2, -0.15) is 0 Å². The van der Waals surface area contributed by atoms with Gasteiger partial charge in [-0.1, -0.05) is 18.2 Å². The minimum atomic E-state index is 0.0499. The fourth-order valence-electron chi connectivity index (χ4n) is 2.60. The monoisotopic (exact) mass is 252 g/mol. The van der Waals surface area contributed by atoms with Crippen molar-refractivity contribution >= 4 is 17.3 Å². The Hall–Kier alpha value is -2.36. The topological polar surface area (TPSA) is 66.0 Å². The van der Waals surface area contributed by atoms with Gasteiger partial charge in [0.2, 0.25) is 0 Å². The highest BCUT2D eigenvalue weighted by molar-refractivity contribution is 5.94. The number of hydrogen-bond donors (Lipinski definition) is 2. The smallest absolute Gasteiger partial charge is 0.133 e. The molecule has 1 atom stereocenters. The molecule has 1 aliphatic rings. The van der Waals surface area contributed by atoms with Crippen molar-refractivity contribution in [2.45, 2.75) is 19.4 Å². The molecule has 1 unspecified atom stereocenters. The van der Waals surface area contributed by atoms with Crippen LogP contribution < -0.4 is 10.6 Å². The predicted molar refractivity (Wildman–Crippen MR) is 77.0 cm³/mol. The van der Waals surface area contributed by atoms with Crippen LogP contribution in [0.25, 0.3) is 0 Å². The number of nitrogens with two attached hydrogens (primary N) is 1. The highest BCUT2D eigenvalue weighted by Crippen LogP contribution is 2.36. The molecule has 0 saturated carbocycles. The van der Waals surface area contributed by atoms with Crippen molar-refractivity contribution in [3.8, 4) is 0 Å². The van der Waals surface area contributed by atoms with Gasteiger partial charge >= 0.3 is 0 Å². The molecule has 3 rings (SSSR count). The van der Waals surface area contributed by atoms with Crippen LogP contribution in [-0.4, -0.2) is 16.9 Å². The molecule has 4 nitrogen and oxygen atoms in total. The maximum absolute atomic E-state index is 7.40. The van der Waals surface area contributed by atoms with Crippen LogP contribution >= 0.6 is 0 Å². The van der Waals surface area contributed by atoms with E-state index in [9.17, 15) is 0 Å². The second-order valence-electron chi connectivity index (χ2n) is 4.87. The summed E-state index contributed by atoms with van der Waals surface area (Å²) in [6, 6.07) is 12.6. The van der Waals surface area contributed by atoms with Crippen molar-refractivity contribution in [1.29, 1.82) is 5.41 Å². The molecule has 3 N–H and O–H groups in total. The van der Waals surface area contributed by atoms with E-state index in [1.54, 1.807) is 6.20 Å². The number of hydrogen-bond acceptors (Lipinski definition) is 3. The Morgan fingerprint density at radius 1 is 1.32 bits per heavy atom. The number of nitrogens with one attached hydrogen (secondary N) is 1. The number of anilines is 2. The number of amidine groups is 1. The summed E-state index contributed by atoms with van der Waals surface area (Å²) in [7, 11) is 0. The largest absolute Gasteiger partial charge is 0.384 e. The Labute approximate surface area is 112 Å². The van der Waals surface area contributed by atoms with Crippen LogP contribution in [0, 0.1) is 5.41 Å². The van der Waals surface area contributed by atoms with Crippen LogP contribution in [0.15, 0.2) is 42.6 Å². The number of fused-ring (bicyclic) bond motifs is 1. The number of pyridine rings is 1. The molecule has 0 saturated heterocycles. The number of para-hydroxylation sites is 1. The quantitative estimate of drug-likeness (QED) is 0.637. The lowest BCUT2D eigenvalue weighted by Gasteiger charge is -2.23. The maximum atomic E-state index is 7.40. The normalized spacial score (nSPS) is 17.3. The first-order valence-electron chi connectivity index (χ1n) is 6.34. The van der Waals surface area contributed by atoms with Gasteiger partial charge in [-0.15, -0.1) is 0 Å². The number of nitrogen functional groups attached to an aromatic ring is 1. The van der Waals surface area contributed by atoms with Crippen LogP contribution in [0.1, 0.15) is 18.1 Å². The first-order chi connectivity index (χ1) is 9.16. The van der Waals surface area contributed by atoms with E-state index in [0.29, 0.717) is 11.6 Å². The van der Waals surface area contributed by atoms with E-state index < -0.39 is 0 Å². The standard InChI is InChI=1S/C15H16N4/c1-10-8-11-4-2-3-5-13(11)19(10)14-7-6-12(9-18-14)15(16)17/h2-7,9-10H,8H2,1H3,(H3,16,17). The fourth-order valence-corrected chi connectivity index (χ4v) is 2.60. The molecule has 0 aliphatic carbocycles. The number of nitrogens with zero attached hydrogens (tertiary/aromatic N) is 2. The van der Waals surface area contributed by atoms with Crippen LogP contribution in [0.5, 0.6) is 0 Å². The first kappa shape index (κ1) is 11.7. The Morgan fingerprint density at radius 2 is 2.11 bits per heavy atom. The first-order valence-corrected chi connectivity index (χ1v) is 6.34. The van der Waals surface area contributed by atoms with Crippen molar-refractivity contribution in [2.75, 3.05) is 4.90 Å². The average molecular weight is 252 g/mol. The third kappa shape index (κ3) is 1.95. The van der Waals surface area contributed by atoms with E-state index in [1.165, 1.54) is 11.3 Å². The van der Waals surface area contributed by atoms with Crippen molar-refractivity contribution in [3.05, 3.63) is 53.7 Å². The Bertz CT molecular complexity index is 618. The van der Waals surface area contributed by atoms with Gasteiger partial charge in [0.05, 0.1) is 0 Å². The molecule has 0 spiro atoms. The van der Waals surface area contributed by atoms with Crippen molar-refractivity contribution in [3.63, 3.8) is 0 Å². The molecule has 1 aromatic carbocycles. The zero-order valence-electron chi connectivity index (χ0n) is 10.8. The molecule has 2 aromatic rings. The Kier molecular flexibility index (Phi) is 2.71. The third-order valence-electron chi connectivity index (χ3n) is 3.51. The fraction of sp³-hybridized carbons (Fsp3) is 0.200. The van der Waals surface area contributed by atoms with Crippen LogP contribution in [0.3, 0.4) is 0 Å². The summed E-state index contributed by atoms with van der Waals surface area (Å²) in [6.45, 7) is 2.20. The zero-order chi connectivity index (χ0) is 13.4. The second kappa shape index (κ2) is 4.39. The number of benzene rings is 1. The van der Waals surface area contributed by atoms with Gasteiger partial charge in [0, 0.05) is 23.5 Å². The van der Waals surface area contributed by atoms with Crippen LogP contribution in [0.2, 0.25) is 0 Å². The molecule has 4 heteroatoms. The lowest BCUT2D eigenvalue weighted by atomic mass is 10.1. The number of aromatic nitrogens is 1. The van der Waals surface area contributed by atoms with Crippen molar-refractivity contribution in [1.82, 2.24) is 4.98 Å². The molecule has 1 aromatic heterocycles. The molecular weight excluding hydrogens is 236 g/mol. The summed E-state index contributed by atoms with van der Waals surface area (Å²) in [5.74, 6) is 0.955. The van der Waals surface area contributed by atoms with Gasteiger partial charge in [-0.3, -0.25) is 5.41 Å². The van der Waals surface area contributed by atoms with E-state index in [4.69, 9.17) is 11.1 Å². The summed E-state index contributed by atoms with van der Waals surface area (Å²) >= 11 is 0. The maximum Gasteiger partial charge on any atom is 0.133 e. The summed E-state index contributed by atoms with van der Waals surface area (Å²) in [5.41, 5.74) is 8.68. The van der Waals surface area contributed by atoms with Gasteiger partial charge in [0.15, 0.2) is 0 Å². The van der Waals surface area contributed by atoms with Crippen molar-refractivity contribution in [2.24, 2.45) is 5.73 Å². The van der Waals surface area contributed by atoms with Crippen LogP contribution in [-0.2, 0) is 6.42 Å². The molecule has 96 valence electrons. The number of rotatable bonds is 2. The average Bonchev–Trinajstić information content (AvgIpc) is 2.74. The Morgan fingerprint density at radius 3 is 2.79 bits per heavy atom. The Balaban J connectivity index is 2.00. The van der Waals surface area contributed by atoms with E-state index in [-0.39, 0.29) is 5.84 Å². The highest BCUT2D eigenvalue weighted by atomic mass is 15.2. The van der Waals surface area contributed by atoms with E-state index in [1.807, 2.05) is 18.2 Å². The minimum Gasteiger partial charge on any atom is -0.384 e. The van der Waals surface area contributed by atoms with Gasteiger partial charge in [-0.05, 0) is 37.1 Å². The summed E-state index contributed by atoms with van der Waals surface area (Å²) in [4.78, 5) is 6.67. The second-order valence-corrected chi connectivity index (χ2v) is 4.87. The lowest BCUT2D eigenvalue weighted by molar-refractivity contribution is 0.750. The van der Waals surface area contributed by atoms with Gasteiger partial charge in [-0.25, -0.2) is 4.98 Å². The summed E-state index contributed by atoms with van der Waals surface area (Å²) in [5, 5.41) is 7.40. The van der Waals surface area contributed by atoms with E-state index in [2.05, 4.69) is 35.0 Å².